The third-order valence-electron chi connectivity index (χ3n) is 4.28. The van der Waals surface area contributed by atoms with Crippen LogP contribution in [0.1, 0.15) is 39.4 Å². The Morgan fingerprint density at radius 3 is 2.69 bits per heavy atom. The molecule has 0 aromatic carbocycles. The lowest BCUT2D eigenvalue weighted by Gasteiger charge is -2.33. The van der Waals surface area contributed by atoms with Crippen LogP contribution in [0.15, 0.2) is 40.0 Å². The molecule has 0 radical (unpaired) electrons. The first-order valence-corrected chi connectivity index (χ1v) is 9.47. The summed E-state index contributed by atoms with van der Waals surface area (Å²) in [5.74, 6) is 2.49. The maximum atomic E-state index is 5.39. The van der Waals surface area contributed by atoms with Crippen LogP contribution in [0.2, 0.25) is 0 Å². The summed E-state index contributed by atoms with van der Waals surface area (Å²) in [6.45, 7) is 15.4. The molecule has 0 atom stereocenters. The fraction of sp³-hybridized carbons (Fsp3) is 0.650. The van der Waals surface area contributed by atoms with Crippen LogP contribution in [0.25, 0.3) is 0 Å². The van der Waals surface area contributed by atoms with Gasteiger partial charge in [-0.15, -0.1) is 24.0 Å². The number of aliphatic imine (C=N–C) groups is 1. The molecule has 1 aromatic rings. The monoisotopic (exact) mass is 474 g/mol. The minimum absolute atomic E-state index is 0. The van der Waals surface area contributed by atoms with Crippen molar-refractivity contribution in [3.05, 3.63) is 36.3 Å². The van der Waals surface area contributed by atoms with Crippen LogP contribution in [0.5, 0.6) is 0 Å². The number of piperidine rings is 1. The maximum absolute atomic E-state index is 5.39. The summed E-state index contributed by atoms with van der Waals surface area (Å²) in [5.41, 5.74) is 1.24. The molecule has 1 aromatic heterocycles. The van der Waals surface area contributed by atoms with Crippen LogP contribution in [0.4, 0.5) is 0 Å². The lowest BCUT2D eigenvalue weighted by atomic mass is 10.0. The van der Waals surface area contributed by atoms with Gasteiger partial charge in [-0.3, -0.25) is 9.89 Å². The quantitative estimate of drug-likeness (QED) is 0.261. The van der Waals surface area contributed by atoms with E-state index in [0.29, 0.717) is 12.0 Å². The third-order valence-corrected chi connectivity index (χ3v) is 4.28. The molecule has 0 aliphatic carbocycles. The van der Waals surface area contributed by atoms with Crippen molar-refractivity contribution in [1.82, 2.24) is 15.5 Å². The predicted octanol–water partition coefficient (Wildman–Crippen LogP) is 3.67. The van der Waals surface area contributed by atoms with Crippen LogP contribution >= 0.6 is 24.0 Å². The fourth-order valence-corrected chi connectivity index (χ4v) is 3.00. The van der Waals surface area contributed by atoms with E-state index in [1.807, 2.05) is 12.1 Å². The minimum Gasteiger partial charge on any atom is -0.469 e. The lowest BCUT2D eigenvalue weighted by molar-refractivity contribution is 0.221. The molecule has 1 saturated heterocycles. The van der Waals surface area contributed by atoms with Gasteiger partial charge in [-0.1, -0.05) is 26.0 Å². The SMILES string of the molecule is C=C(C)CN1CCC(NC(=NCC(C)C)NCCc2ccco2)CC1.I. The molecule has 0 bridgehead atoms. The van der Waals surface area contributed by atoms with E-state index < -0.39 is 0 Å². The van der Waals surface area contributed by atoms with Crippen LogP contribution in [0, 0.1) is 5.92 Å². The standard InChI is InChI=1S/C20H34N4O.HI/c1-16(2)14-22-20(21-10-7-19-6-5-13-25-19)23-18-8-11-24(12-9-18)15-17(3)4;/h5-6,13,16,18H,3,7-12,14-15H2,1-2,4H3,(H2,21,22,23);1H. The highest BCUT2D eigenvalue weighted by molar-refractivity contribution is 14.0. The van der Waals surface area contributed by atoms with Crippen molar-refractivity contribution in [2.45, 2.75) is 46.1 Å². The molecule has 6 heteroatoms. The summed E-state index contributed by atoms with van der Waals surface area (Å²) in [6.07, 6.45) is 4.88. The summed E-state index contributed by atoms with van der Waals surface area (Å²) < 4.78 is 5.39. The Balaban J connectivity index is 0.00000338. The summed E-state index contributed by atoms with van der Waals surface area (Å²) in [6, 6.07) is 4.43. The second-order valence-electron chi connectivity index (χ2n) is 7.49. The Morgan fingerprint density at radius 1 is 1.38 bits per heavy atom. The molecule has 148 valence electrons. The number of hydrogen-bond acceptors (Lipinski definition) is 3. The molecule has 0 spiro atoms. The van der Waals surface area contributed by atoms with Gasteiger partial charge < -0.3 is 15.1 Å². The van der Waals surface area contributed by atoms with E-state index in [2.05, 4.69) is 42.9 Å². The number of halogens is 1. The molecule has 2 heterocycles. The molecule has 0 saturated carbocycles. The smallest absolute Gasteiger partial charge is 0.191 e. The molecule has 26 heavy (non-hydrogen) atoms. The Hall–Kier alpha value is -1.02. The molecular formula is C20H35IN4O. The topological polar surface area (TPSA) is 52.8 Å². The van der Waals surface area contributed by atoms with Gasteiger partial charge in [-0.2, -0.15) is 0 Å². The molecule has 1 aliphatic rings. The first kappa shape index (κ1) is 23.0. The zero-order valence-corrected chi connectivity index (χ0v) is 18.8. The minimum atomic E-state index is 0. The van der Waals surface area contributed by atoms with Crippen molar-refractivity contribution in [1.29, 1.82) is 0 Å². The highest BCUT2D eigenvalue weighted by Crippen LogP contribution is 2.11. The number of hydrogen-bond donors (Lipinski definition) is 2. The van der Waals surface area contributed by atoms with Gasteiger partial charge in [0.2, 0.25) is 0 Å². The number of rotatable bonds is 8. The van der Waals surface area contributed by atoms with Gasteiger partial charge in [0.15, 0.2) is 5.96 Å². The second-order valence-corrected chi connectivity index (χ2v) is 7.49. The molecule has 2 N–H and O–H groups in total. The molecule has 5 nitrogen and oxygen atoms in total. The Morgan fingerprint density at radius 2 is 2.12 bits per heavy atom. The highest BCUT2D eigenvalue weighted by Gasteiger charge is 2.19. The van der Waals surface area contributed by atoms with E-state index in [0.717, 1.165) is 63.7 Å². The zero-order chi connectivity index (χ0) is 18.1. The van der Waals surface area contributed by atoms with Crippen LogP contribution in [-0.2, 0) is 6.42 Å². The average molecular weight is 474 g/mol. The van der Waals surface area contributed by atoms with Gasteiger partial charge in [0.05, 0.1) is 6.26 Å². The Bertz CT molecular complexity index is 534. The van der Waals surface area contributed by atoms with Gasteiger partial charge in [-0.05, 0) is 37.8 Å². The summed E-state index contributed by atoms with van der Waals surface area (Å²) in [5, 5.41) is 7.08. The Kier molecular flexibility index (Phi) is 11.0. The second kappa shape index (κ2) is 12.4. The van der Waals surface area contributed by atoms with Crippen molar-refractivity contribution in [3.8, 4) is 0 Å². The van der Waals surface area contributed by atoms with E-state index in [4.69, 9.17) is 9.41 Å². The van der Waals surface area contributed by atoms with Crippen molar-refractivity contribution in [2.24, 2.45) is 10.9 Å². The molecule has 1 aliphatic heterocycles. The number of furan rings is 1. The molecule has 0 amide bonds. The normalized spacial score (nSPS) is 16.4. The highest BCUT2D eigenvalue weighted by atomic mass is 127. The Labute approximate surface area is 175 Å². The van der Waals surface area contributed by atoms with Crippen molar-refractivity contribution < 1.29 is 4.42 Å². The van der Waals surface area contributed by atoms with Crippen LogP contribution in [-0.4, -0.2) is 49.6 Å². The van der Waals surface area contributed by atoms with E-state index in [1.165, 1.54) is 5.57 Å². The first-order valence-electron chi connectivity index (χ1n) is 9.47. The number of nitrogens with one attached hydrogen (secondary N) is 2. The zero-order valence-electron chi connectivity index (χ0n) is 16.5. The van der Waals surface area contributed by atoms with Crippen molar-refractivity contribution in [3.63, 3.8) is 0 Å². The number of likely N-dealkylation sites (tertiary alicyclic amines) is 1. The maximum Gasteiger partial charge on any atom is 0.191 e. The summed E-state index contributed by atoms with van der Waals surface area (Å²) in [4.78, 5) is 7.22. The van der Waals surface area contributed by atoms with Gasteiger partial charge in [-0.25, -0.2) is 0 Å². The van der Waals surface area contributed by atoms with E-state index >= 15 is 0 Å². The number of nitrogens with zero attached hydrogens (tertiary/aromatic N) is 2. The lowest BCUT2D eigenvalue weighted by Crippen LogP contribution is -2.49. The van der Waals surface area contributed by atoms with Gasteiger partial charge in [0.25, 0.3) is 0 Å². The third kappa shape index (κ3) is 9.07. The molecule has 1 fully saturated rings. The average Bonchev–Trinajstić information content (AvgIpc) is 3.07. The molecular weight excluding hydrogens is 439 g/mol. The largest absolute Gasteiger partial charge is 0.469 e. The van der Waals surface area contributed by atoms with Crippen molar-refractivity contribution in [2.75, 3.05) is 32.7 Å². The first-order chi connectivity index (χ1) is 12.0. The van der Waals surface area contributed by atoms with Crippen LogP contribution in [0.3, 0.4) is 0 Å². The predicted molar refractivity (Wildman–Crippen MR) is 120 cm³/mol. The van der Waals surface area contributed by atoms with E-state index in [9.17, 15) is 0 Å². The molecule has 0 unspecified atom stereocenters. The van der Waals surface area contributed by atoms with Gasteiger partial charge in [0.1, 0.15) is 5.76 Å². The molecule has 2 rings (SSSR count). The summed E-state index contributed by atoms with van der Waals surface area (Å²) >= 11 is 0. The summed E-state index contributed by atoms with van der Waals surface area (Å²) in [7, 11) is 0. The fourth-order valence-electron chi connectivity index (χ4n) is 3.00. The van der Waals surface area contributed by atoms with Crippen molar-refractivity contribution >= 4 is 29.9 Å². The van der Waals surface area contributed by atoms with Gasteiger partial charge in [0, 0.05) is 45.2 Å². The van der Waals surface area contributed by atoms with Gasteiger partial charge >= 0.3 is 0 Å². The number of guanidine groups is 1. The van der Waals surface area contributed by atoms with E-state index in [-0.39, 0.29) is 24.0 Å². The van der Waals surface area contributed by atoms with Crippen LogP contribution < -0.4 is 10.6 Å². The van der Waals surface area contributed by atoms with E-state index in [1.54, 1.807) is 6.26 Å².